The summed E-state index contributed by atoms with van der Waals surface area (Å²) in [6, 6.07) is 16.3. The lowest BCUT2D eigenvalue weighted by Gasteiger charge is -2.28. The SMILES string of the molecule is C/C(=C\CNC(=O)[C@@H]1CCC[C@@H](NC(=O)OCC2c3ccccc3-c3ccccc32)C1)C(=O)O. The van der Waals surface area contributed by atoms with Crippen molar-refractivity contribution in [3.8, 4) is 11.1 Å². The van der Waals surface area contributed by atoms with Gasteiger partial charge >= 0.3 is 12.1 Å². The fraction of sp³-hybridized carbons (Fsp3) is 0.370. The summed E-state index contributed by atoms with van der Waals surface area (Å²) in [4.78, 5) is 35.9. The lowest BCUT2D eigenvalue weighted by Crippen LogP contribution is -2.43. The van der Waals surface area contributed by atoms with Crippen LogP contribution in [-0.2, 0) is 14.3 Å². The highest BCUT2D eigenvalue weighted by atomic mass is 16.5. The van der Waals surface area contributed by atoms with E-state index >= 15 is 0 Å². The molecule has 2 aliphatic carbocycles. The summed E-state index contributed by atoms with van der Waals surface area (Å²) in [6.45, 7) is 1.92. The standard InChI is InChI=1S/C27H30N2O5/c1-17(26(31)32)13-14-28-25(30)18-7-6-8-19(15-18)29-27(33)34-16-24-22-11-4-2-9-20(22)21-10-3-5-12-23(21)24/h2-5,9-13,18-19,24H,6-8,14-16H2,1H3,(H,28,30)(H,29,33)(H,31,32)/b17-13+/t18-,19-/m1/s1. The smallest absolute Gasteiger partial charge is 0.407 e. The third-order valence-electron chi connectivity index (χ3n) is 6.73. The third-order valence-corrected chi connectivity index (χ3v) is 6.73. The number of hydrogen-bond donors (Lipinski definition) is 3. The van der Waals surface area contributed by atoms with Crippen molar-refractivity contribution < 1.29 is 24.2 Å². The average molecular weight is 463 g/mol. The Morgan fingerprint density at radius 3 is 2.32 bits per heavy atom. The molecule has 2 aliphatic rings. The van der Waals surface area contributed by atoms with E-state index in [0.29, 0.717) is 6.42 Å². The van der Waals surface area contributed by atoms with E-state index in [1.165, 1.54) is 24.1 Å². The quantitative estimate of drug-likeness (QED) is 0.534. The van der Waals surface area contributed by atoms with Crippen molar-refractivity contribution in [1.29, 1.82) is 0 Å². The summed E-state index contributed by atoms with van der Waals surface area (Å²) in [5.41, 5.74) is 4.89. The monoisotopic (exact) mass is 462 g/mol. The van der Waals surface area contributed by atoms with Crippen molar-refractivity contribution in [2.24, 2.45) is 5.92 Å². The van der Waals surface area contributed by atoms with Crippen molar-refractivity contribution in [2.75, 3.05) is 13.2 Å². The predicted octanol–water partition coefficient (Wildman–Crippen LogP) is 4.23. The molecule has 2 aromatic carbocycles. The molecular weight excluding hydrogens is 432 g/mol. The summed E-state index contributed by atoms with van der Waals surface area (Å²) in [5, 5.41) is 14.6. The van der Waals surface area contributed by atoms with Gasteiger partial charge in [0.15, 0.2) is 0 Å². The van der Waals surface area contributed by atoms with Gasteiger partial charge in [-0.05, 0) is 48.4 Å². The van der Waals surface area contributed by atoms with Gasteiger partial charge in [0, 0.05) is 30.0 Å². The first-order chi connectivity index (χ1) is 16.4. The van der Waals surface area contributed by atoms with Crippen LogP contribution in [0.4, 0.5) is 4.79 Å². The maximum atomic E-state index is 12.6. The highest BCUT2D eigenvalue weighted by Crippen LogP contribution is 2.44. The average Bonchev–Trinajstić information content (AvgIpc) is 3.16. The number of alkyl carbamates (subject to hydrolysis) is 1. The molecule has 2 atom stereocenters. The molecule has 1 saturated carbocycles. The van der Waals surface area contributed by atoms with Gasteiger partial charge in [0.2, 0.25) is 5.91 Å². The normalized spacial score (nSPS) is 19.6. The van der Waals surface area contributed by atoms with Crippen LogP contribution in [0, 0.1) is 5.92 Å². The molecular formula is C27H30N2O5. The van der Waals surface area contributed by atoms with E-state index in [0.717, 1.165) is 30.4 Å². The molecule has 34 heavy (non-hydrogen) atoms. The Hall–Kier alpha value is -3.61. The molecule has 2 aromatic rings. The van der Waals surface area contributed by atoms with Crippen LogP contribution in [0.5, 0.6) is 0 Å². The highest BCUT2D eigenvalue weighted by Gasteiger charge is 2.31. The number of rotatable bonds is 7. The minimum Gasteiger partial charge on any atom is -0.478 e. The second kappa shape index (κ2) is 10.5. The van der Waals surface area contributed by atoms with Crippen LogP contribution in [0.2, 0.25) is 0 Å². The van der Waals surface area contributed by atoms with E-state index in [1.807, 2.05) is 24.3 Å². The Bertz CT molecular complexity index is 1060. The maximum Gasteiger partial charge on any atom is 0.407 e. The van der Waals surface area contributed by atoms with Crippen LogP contribution >= 0.6 is 0 Å². The number of benzene rings is 2. The van der Waals surface area contributed by atoms with Gasteiger partial charge in [-0.3, -0.25) is 4.79 Å². The van der Waals surface area contributed by atoms with Crippen molar-refractivity contribution in [3.05, 3.63) is 71.3 Å². The number of hydrogen-bond acceptors (Lipinski definition) is 4. The highest BCUT2D eigenvalue weighted by molar-refractivity contribution is 5.86. The molecule has 1 fully saturated rings. The number of fused-ring (bicyclic) bond motifs is 3. The number of aliphatic carboxylic acids is 1. The van der Waals surface area contributed by atoms with Crippen LogP contribution in [0.3, 0.4) is 0 Å². The van der Waals surface area contributed by atoms with Gasteiger partial charge in [0.05, 0.1) is 0 Å². The molecule has 0 spiro atoms. The van der Waals surface area contributed by atoms with Crippen LogP contribution in [0.15, 0.2) is 60.2 Å². The van der Waals surface area contributed by atoms with Crippen molar-refractivity contribution in [2.45, 2.75) is 44.6 Å². The van der Waals surface area contributed by atoms with E-state index in [2.05, 4.69) is 34.9 Å². The fourth-order valence-corrected chi connectivity index (χ4v) is 4.90. The number of carboxylic acid groups (broad SMARTS) is 1. The minimum absolute atomic E-state index is 0.00495. The number of carbonyl (C=O) groups excluding carboxylic acids is 2. The zero-order chi connectivity index (χ0) is 24.1. The van der Waals surface area contributed by atoms with Crippen LogP contribution in [0.25, 0.3) is 11.1 Å². The lowest BCUT2D eigenvalue weighted by molar-refractivity contribution is -0.132. The van der Waals surface area contributed by atoms with Crippen LogP contribution in [-0.4, -0.2) is 42.3 Å². The molecule has 7 nitrogen and oxygen atoms in total. The van der Waals surface area contributed by atoms with Gasteiger partial charge in [-0.1, -0.05) is 61.0 Å². The molecule has 0 unspecified atom stereocenters. The minimum atomic E-state index is -1.00. The first-order valence-electron chi connectivity index (χ1n) is 11.7. The Morgan fingerprint density at radius 1 is 1.03 bits per heavy atom. The summed E-state index contributed by atoms with van der Waals surface area (Å²) in [7, 11) is 0. The van der Waals surface area contributed by atoms with Gasteiger partial charge in [0.25, 0.3) is 0 Å². The van der Waals surface area contributed by atoms with Gasteiger partial charge in [-0.25, -0.2) is 9.59 Å². The van der Waals surface area contributed by atoms with E-state index in [1.54, 1.807) is 0 Å². The number of amides is 2. The second-order valence-corrected chi connectivity index (χ2v) is 8.97. The Kier molecular flexibility index (Phi) is 7.30. The molecule has 178 valence electrons. The topological polar surface area (TPSA) is 105 Å². The largest absolute Gasteiger partial charge is 0.478 e. The third kappa shape index (κ3) is 5.30. The summed E-state index contributed by atoms with van der Waals surface area (Å²) >= 11 is 0. The van der Waals surface area contributed by atoms with E-state index in [4.69, 9.17) is 9.84 Å². The van der Waals surface area contributed by atoms with Crippen molar-refractivity contribution >= 4 is 18.0 Å². The first kappa shape index (κ1) is 23.5. The molecule has 4 rings (SSSR count). The summed E-state index contributed by atoms with van der Waals surface area (Å²) in [6.07, 6.45) is 3.93. The molecule has 0 saturated heterocycles. The molecule has 0 aromatic heterocycles. The van der Waals surface area contributed by atoms with Crippen LogP contribution in [0.1, 0.15) is 49.7 Å². The van der Waals surface area contributed by atoms with Gasteiger partial charge in [0.1, 0.15) is 6.61 Å². The molecule has 0 aliphatic heterocycles. The van der Waals surface area contributed by atoms with Crippen molar-refractivity contribution in [3.63, 3.8) is 0 Å². The van der Waals surface area contributed by atoms with Gasteiger partial charge in [-0.15, -0.1) is 0 Å². The molecule has 7 heteroatoms. The van der Waals surface area contributed by atoms with E-state index in [9.17, 15) is 14.4 Å². The lowest BCUT2D eigenvalue weighted by atomic mass is 9.85. The Balaban J connectivity index is 1.29. The van der Waals surface area contributed by atoms with E-state index in [-0.39, 0.29) is 42.5 Å². The molecule has 0 bridgehead atoms. The number of carbonyl (C=O) groups is 3. The number of ether oxygens (including phenoxy) is 1. The Labute approximate surface area is 199 Å². The number of carboxylic acids is 1. The zero-order valence-corrected chi connectivity index (χ0v) is 19.3. The summed E-state index contributed by atoms with van der Waals surface area (Å²) in [5.74, 6) is -1.33. The van der Waals surface area contributed by atoms with Crippen LogP contribution < -0.4 is 10.6 Å². The van der Waals surface area contributed by atoms with Crippen molar-refractivity contribution in [1.82, 2.24) is 10.6 Å². The first-order valence-corrected chi connectivity index (χ1v) is 11.7. The maximum absolute atomic E-state index is 12.6. The molecule has 2 amide bonds. The molecule has 3 N–H and O–H groups in total. The number of nitrogens with one attached hydrogen (secondary N) is 2. The zero-order valence-electron chi connectivity index (χ0n) is 19.3. The Morgan fingerprint density at radius 2 is 1.68 bits per heavy atom. The van der Waals surface area contributed by atoms with Gasteiger partial charge < -0.3 is 20.5 Å². The predicted molar refractivity (Wildman–Crippen MR) is 128 cm³/mol. The fourth-order valence-electron chi connectivity index (χ4n) is 4.90. The molecule has 0 heterocycles. The second-order valence-electron chi connectivity index (χ2n) is 8.97. The molecule has 0 radical (unpaired) electrons. The van der Waals surface area contributed by atoms with Gasteiger partial charge in [-0.2, -0.15) is 0 Å². The van der Waals surface area contributed by atoms with E-state index < -0.39 is 12.1 Å². The summed E-state index contributed by atoms with van der Waals surface area (Å²) < 4.78 is 5.64.